The lowest BCUT2D eigenvalue weighted by atomic mass is 10.0. The Morgan fingerprint density at radius 2 is 2.00 bits per heavy atom. The Balaban J connectivity index is 1.59. The van der Waals surface area contributed by atoms with Crippen LogP contribution in [0, 0.1) is 5.92 Å². The number of nitrogens with one attached hydrogen (secondary N) is 2. The van der Waals surface area contributed by atoms with E-state index in [0.29, 0.717) is 0 Å². The van der Waals surface area contributed by atoms with Crippen LogP contribution in [-0.4, -0.2) is 49.0 Å². The SMILES string of the molecule is CCNC(=NCCc1cccc2ccccc12)NC1CCN(C(=O)C(C)C)C1. The Morgan fingerprint density at radius 1 is 1.21 bits per heavy atom. The smallest absolute Gasteiger partial charge is 0.225 e. The van der Waals surface area contributed by atoms with E-state index in [-0.39, 0.29) is 17.9 Å². The lowest BCUT2D eigenvalue weighted by Gasteiger charge is -2.20. The summed E-state index contributed by atoms with van der Waals surface area (Å²) in [5, 5.41) is 9.42. The van der Waals surface area contributed by atoms with Gasteiger partial charge in [-0.05, 0) is 36.1 Å². The van der Waals surface area contributed by atoms with Gasteiger partial charge in [-0.2, -0.15) is 0 Å². The Hall–Kier alpha value is -2.56. The fraction of sp³-hybridized carbons (Fsp3) is 0.478. The Labute approximate surface area is 168 Å². The number of carbonyl (C=O) groups excluding carboxylic acids is 1. The number of guanidine groups is 1. The van der Waals surface area contributed by atoms with E-state index in [1.165, 1.54) is 16.3 Å². The molecule has 1 atom stereocenters. The maximum Gasteiger partial charge on any atom is 0.225 e. The van der Waals surface area contributed by atoms with E-state index < -0.39 is 0 Å². The van der Waals surface area contributed by atoms with Crippen molar-refractivity contribution in [3.8, 4) is 0 Å². The first-order chi connectivity index (χ1) is 13.6. The Kier molecular flexibility index (Phi) is 6.90. The van der Waals surface area contributed by atoms with Crippen LogP contribution in [-0.2, 0) is 11.2 Å². The van der Waals surface area contributed by atoms with Gasteiger partial charge in [-0.25, -0.2) is 0 Å². The molecule has 1 aliphatic rings. The van der Waals surface area contributed by atoms with Crippen LogP contribution in [0.15, 0.2) is 47.5 Å². The van der Waals surface area contributed by atoms with Gasteiger partial charge in [0.15, 0.2) is 5.96 Å². The summed E-state index contributed by atoms with van der Waals surface area (Å²) >= 11 is 0. The maximum absolute atomic E-state index is 12.2. The molecule has 1 unspecified atom stereocenters. The highest BCUT2D eigenvalue weighted by Gasteiger charge is 2.27. The highest BCUT2D eigenvalue weighted by atomic mass is 16.2. The number of hydrogen-bond acceptors (Lipinski definition) is 2. The number of benzene rings is 2. The number of aliphatic imine (C=N–C) groups is 1. The fourth-order valence-electron chi connectivity index (χ4n) is 3.76. The second-order valence-electron chi connectivity index (χ2n) is 7.72. The van der Waals surface area contributed by atoms with Gasteiger partial charge in [0.1, 0.15) is 0 Å². The number of likely N-dealkylation sites (tertiary alicyclic amines) is 1. The molecule has 2 aromatic rings. The van der Waals surface area contributed by atoms with Gasteiger partial charge in [0.25, 0.3) is 0 Å². The molecular weight excluding hydrogens is 348 g/mol. The van der Waals surface area contributed by atoms with Gasteiger partial charge in [0.05, 0.1) is 0 Å². The third-order valence-corrected chi connectivity index (χ3v) is 5.21. The van der Waals surface area contributed by atoms with Crippen molar-refractivity contribution in [1.82, 2.24) is 15.5 Å². The monoisotopic (exact) mass is 380 g/mol. The normalized spacial score (nSPS) is 17.4. The van der Waals surface area contributed by atoms with Crippen molar-refractivity contribution in [1.29, 1.82) is 0 Å². The quantitative estimate of drug-likeness (QED) is 0.598. The summed E-state index contributed by atoms with van der Waals surface area (Å²) in [4.78, 5) is 18.9. The summed E-state index contributed by atoms with van der Waals surface area (Å²) in [5.74, 6) is 1.13. The molecule has 1 heterocycles. The molecule has 0 radical (unpaired) electrons. The van der Waals surface area contributed by atoms with Crippen molar-refractivity contribution in [2.45, 2.75) is 39.7 Å². The molecule has 3 rings (SSSR count). The van der Waals surface area contributed by atoms with Crippen molar-refractivity contribution >= 4 is 22.6 Å². The second kappa shape index (κ2) is 9.58. The summed E-state index contributed by atoms with van der Waals surface area (Å²) in [5.41, 5.74) is 1.33. The van der Waals surface area contributed by atoms with Gasteiger partial charge < -0.3 is 15.5 Å². The first-order valence-electron chi connectivity index (χ1n) is 10.4. The number of nitrogens with zero attached hydrogens (tertiary/aromatic N) is 2. The van der Waals surface area contributed by atoms with Gasteiger partial charge >= 0.3 is 0 Å². The molecule has 1 fully saturated rings. The Bertz CT molecular complexity index is 825. The van der Waals surface area contributed by atoms with Gasteiger partial charge in [-0.1, -0.05) is 56.3 Å². The molecule has 0 aromatic heterocycles. The molecule has 2 N–H and O–H groups in total. The van der Waals surface area contributed by atoms with Crippen molar-refractivity contribution < 1.29 is 4.79 Å². The predicted octanol–water partition coefficient (Wildman–Crippen LogP) is 3.19. The van der Waals surface area contributed by atoms with E-state index in [1.807, 2.05) is 18.7 Å². The van der Waals surface area contributed by atoms with Crippen LogP contribution >= 0.6 is 0 Å². The van der Waals surface area contributed by atoms with Crippen LogP contribution in [0.1, 0.15) is 32.8 Å². The fourth-order valence-corrected chi connectivity index (χ4v) is 3.76. The van der Waals surface area contributed by atoms with Crippen molar-refractivity contribution in [2.75, 3.05) is 26.2 Å². The lowest BCUT2D eigenvalue weighted by Crippen LogP contribution is -2.45. The van der Waals surface area contributed by atoms with Crippen LogP contribution in [0.25, 0.3) is 10.8 Å². The van der Waals surface area contributed by atoms with Crippen LogP contribution in [0.2, 0.25) is 0 Å². The number of hydrogen-bond donors (Lipinski definition) is 2. The van der Waals surface area contributed by atoms with Crippen LogP contribution in [0.3, 0.4) is 0 Å². The molecule has 1 amide bonds. The summed E-state index contributed by atoms with van der Waals surface area (Å²) < 4.78 is 0. The van der Waals surface area contributed by atoms with Crippen LogP contribution in [0.5, 0.6) is 0 Å². The summed E-state index contributed by atoms with van der Waals surface area (Å²) in [6.07, 6.45) is 1.87. The van der Waals surface area contributed by atoms with Gasteiger partial charge in [0, 0.05) is 38.1 Å². The van der Waals surface area contributed by atoms with E-state index in [9.17, 15) is 4.79 Å². The summed E-state index contributed by atoms with van der Waals surface area (Å²) in [6.45, 7) is 9.12. The second-order valence-corrected chi connectivity index (χ2v) is 7.72. The topological polar surface area (TPSA) is 56.7 Å². The molecular formula is C23H32N4O. The molecule has 5 nitrogen and oxygen atoms in total. The molecule has 0 aliphatic carbocycles. The number of amides is 1. The molecule has 0 saturated carbocycles. The largest absolute Gasteiger partial charge is 0.357 e. The van der Waals surface area contributed by atoms with E-state index in [4.69, 9.17) is 4.99 Å². The van der Waals surface area contributed by atoms with Crippen molar-refractivity contribution in [2.24, 2.45) is 10.9 Å². The Morgan fingerprint density at radius 3 is 2.79 bits per heavy atom. The minimum Gasteiger partial charge on any atom is -0.357 e. The van der Waals surface area contributed by atoms with E-state index in [0.717, 1.165) is 45.0 Å². The molecule has 0 bridgehead atoms. The highest BCUT2D eigenvalue weighted by Crippen LogP contribution is 2.19. The lowest BCUT2D eigenvalue weighted by molar-refractivity contribution is -0.133. The van der Waals surface area contributed by atoms with E-state index in [2.05, 4.69) is 60.0 Å². The van der Waals surface area contributed by atoms with Crippen molar-refractivity contribution in [3.05, 3.63) is 48.0 Å². The third-order valence-electron chi connectivity index (χ3n) is 5.21. The predicted molar refractivity (Wildman–Crippen MR) is 117 cm³/mol. The number of fused-ring (bicyclic) bond motifs is 1. The maximum atomic E-state index is 12.2. The van der Waals surface area contributed by atoms with Gasteiger partial charge in [0.2, 0.25) is 5.91 Å². The molecule has 1 saturated heterocycles. The standard InChI is InChI=1S/C23H32N4O/c1-4-24-23(26-20-13-15-27(16-20)22(28)17(2)3)25-14-12-19-10-7-9-18-8-5-6-11-21(18)19/h5-11,17,20H,4,12-16H2,1-3H3,(H2,24,25,26). The third kappa shape index (κ3) is 5.03. The van der Waals surface area contributed by atoms with E-state index in [1.54, 1.807) is 0 Å². The average molecular weight is 381 g/mol. The first-order valence-corrected chi connectivity index (χ1v) is 10.4. The van der Waals surface area contributed by atoms with Crippen molar-refractivity contribution in [3.63, 3.8) is 0 Å². The zero-order valence-electron chi connectivity index (χ0n) is 17.2. The van der Waals surface area contributed by atoms with E-state index >= 15 is 0 Å². The van der Waals surface area contributed by atoms with Gasteiger partial charge in [-0.15, -0.1) is 0 Å². The number of rotatable bonds is 6. The molecule has 150 valence electrons. The molecule has 2 aromatic carbocycles. The van der Waals surface area contributed by atoms with Crippen LogP contribution in [0.4, 0.5) is 0 Å². The minimum absolute atomic E-state index is 0.0568. The molecule has 28 heavy (non-hydrogen) atoms. The minimum atomic E-state index is 0.0568. The summed E-state index contributed by atoms with van der Waals surface area (Å²) in [7, 11) is 0. The highest BCUT2D eigenvalue weighted by molar-refractivity contribution is 5.85. The van der Waals surface area contributed by atoms with Gasteiger partial charge in [-0.3, -0.25) is 9.79 Å². The van der Waals surface area contributed by atoms with Crippen LogP contribution < -0.4 is 10.6 Å². The summed E-state index contributed by atoms with van der Waals surface area (Å²) in [6, 6.07) is 15.2. The average Bonchev–Trinajstić information content (AvgIpc) is 3.16. The molecule has 1 aliphatic heterocycles. The molecule has 5 heteroatoms. The number of carbonyl (C=O) groups is 1. The first kappa shape index (κ1) is 20.2. The zero-order valence-corrected chi connectivity index (χ0v) is 17.2. The molecule has 0 spiro atoms. The zero-order chi connectivity index (χ0) is 19.9.